The smallest absolute Gasteiger partial charge is 0.271 e. The Kier molecular flexibility index (Phi) is 4.16. The molecule has 0 atom stereocenters. The monoisotopic (exact) mass is 287 g/mol. The highest BCUT2D eigenvalue weighted by molar-refractivity contribution is 6.14. The Balaban J connectivity index is 2.05. The predicted octanol–water partition coefficient (Wildman–Crippen LogP) is 2.00. The van der Waals surface area contributed by atoms with Crippen molar-refractivity contribution < 1.29 is 14.7 Å². The Hall–Kier alpha value is -2.50. The normalized spacial score (nSPS) is 18.1. The fraction of sp³-hybridized carbons (Fsp3) is 0.333. The average molecular weight is 287 g/mol. The molecule has 110 valence electrons. The zero-order valence-electron chi connectivity index (χ0n) is 12.0. The summed E-state index contributed by atoms with van der Waals surface area (Å²) in [5.41, 5.74) is 2.63. The van der Waals surface area contributed by atoms with Gasteiger partial charge in [0.25, 0.3) is 5.91 Å². The summed E-state index contributed by atoms with van der Waals surface area (Å²) in [6.07, 6.45) is 4.96. The number of aliphatic hydroxyl groups excluding tert-OH is 1. The summed E-state index contributed by atoms with van der Waals surface area (Å²) in [5, 5.41) is 13.6. The third-order valence-electron chi connectivity index (χ3n) is 3.20. The first-order valence-corrected chi connectivity index (χ1v) is 6.58. The Bertz CT molecular complexity index is 618. The molecule has 6 nitrogen and oxygen atoms in total. The third-order valence-corrected chi connectivity index (χ3v) is 3.20. The first-order chi connectivity index (χ1) is 9.89. The van der Waals surface area contributed by atoms with Gasteiger partial charge in [-0.15, -0.1) is 0 Å². The topological polar surface area (TPSA) is 91.7 Å². The average Bonchev–Trinajstić information content (AvgIpc) is 2.41. The molecule has 0 fully saturated rings. The number of Topliss-reactive ketones (excluding diaryl/α,β-unsaturated/α-hetero) is 1. The van der Waals surface area contributed by atoms with Gasteiger partial charge in [0.1, 0.15) is 5.76 Å². The van der Waals surface area contributed by atoms with Gasteiger partial charge in [0.15, 0.2) is 5.78 Å². The van der Waals surface area contributed by atoms with Gasteiger partial charge < -0.3 is 5.11 Å². The van der Waals surface area contributed by atoms with Gasteiger partial charge in [-0.3, -0.25) is 14.6 Å². The number of aromatic nitrogens is 1. The highest BCUT2D eigenvalue weighted by atomic mass is 16.3. The minimum Gasteiger partial charge on any atom is -0.511 e. The minimum atomic E-state index is -0.405. The van der Waals surface area contributed by atoms with Crippen LogP contribution in [0.1, 0.15) is 37.0 Å². The van der Waals surface area contributed by atoms with Crippen LogP contribution in [0.4, 0.5) is 0 Å². The van der Waals surface area contributed by atoms with Crippen molar-refractivity contribution in [1.82, 2.24) is 10.4 Å². The van der Waals surface area contributed by atoms with Crippen molar-refractivity contribution in [3.05, 3.63) is 41.4 Å². The lowest BCUT2D eigenvalue weighted by Crippen LogP contribution is -2.27. The quantitative estimate of drug-likeness (QED) is 0.657. The molecule has 1 aromatic rings. The number of hydrogen-bond donors (Lipinski definition) is 2. The molecule has 2 N–H and O–H groups in total. The number of hydrogen-bond acceptors (Lipinski definition) is 5. The summed E-state index contributed by atoms with van der Waals surface area (Å²) >= 11 is 0. The molecule has 1 amide bonds. The highest BCUT2D eigenvalue weighted by Crippen LogP contribution is 2.34. The third kappa shape index (κ3) is 3.75. The second-order valence-electron chi connectivity index (χ2n) is 5.74. The Morgan fingerprint density at radius 2 is 2.05 bits per heavy atom. The second kappa shape index (κ2) is 5.87. The molecule has 0 aromatic carbocycles. The molecule has 21 heavy (non-hydrogen) atoms. The van der Waals surface area contributed by atoms with Crippen molar-refractivity contribution in [1.29, 1.82) is 0 Å². The van der Waals surface area contributed by atoms with Crippen molar-refractivity contribution >= 4 is 17.9 Å². The largest absolute Gasteiger partial charge is 0.511 e. The molecule has 0 saturated heterocycles. The lowest BCUT2D eigenvalue weighted by molar-refractivity contribution is -0.117. The maximum absolute atomic E-state index is 11.9. The molecule has 1 heterocycles. The lowest BCUT2D eigenvalue weighted by Gasteiger charge is -2.28. The summed E-state index contributed by atoms with van der Waals surface area (Å²) < 4.78 is 0. The van der Waals surface area contributed by atoms with E-state index >= 15 is 0 Å². The Morgan fingerprint density at radius 3 is 2.67 bits per heavy atom. The fourth-order valence-corrected chi connectivity index (χ4v) is 2.17. The first-order valence-electron chi connectivity index (χ1n) is 6.58. The van der Waals surface area contributed by atoms with Crippen molar-refractivity contribution in [2.75, 3.05) is 0 Å². The van der Waals surface area contributed by atoms with Crippen LogP contribution in [0.15, 0.2) is 41.0 Å². The molecule has 1 aliphatic rings. The van der Waals surface area contributed by atoms with Crippen LogP contribution < -0.4 is 5.43 Å². The van der Waals surface area contributed by atoms with Crippen LogP contribution >= 0.6 is 0 Å². The molecule has 0 bridgehead atoms. The van der Waals surface area contributed by atoms with E-state index in [2.05, 4.69) is 15.5 Å². The molecule has 6 heteroatoms. The minimum absolute atomic E-state index is 0.0122. The molecule has 0 radical (unpaired) electrons. The maximum atomic E-state index is 11.9. The molecule has 0 spiro atoms. The van der Waals surface area contributed by atoms with E-state index in [1.807, 2.05) is 13.8 Å². The van der Waals surface area contributed by atoms with Crippen LogP contribution in [0.2, 0.25) is 0 Å². The molecule has 1 aromatic heterocycles. The summed E-state index contributed by atoms with van der Waals surface area (Å²) in [6.45, 7) is 3.83. The van der Waals surface area contributed by atoms with E-state index in [9.17, 15) is 14.7 Å². The number of carbonyl (C=O) groups excluding carboxylic acids is 2. The van der Waals surface area contributed by atoms with Gasteiger partial charge in [0, 0.05) is 30.8 Å². The van der Waals surface area contributed by atoms with Crippen LogP contribution in [-0.4, -0.2) is 28.0 Å². The highest BCUT2D eigenvalue weighted by Gasteiger charge is 2.32. The number of carbonyl (C=O) groups is 2. The number of allylic oxidation sites excluding steroid dienone is 2. The first kappa shape index (κ1) is 14.9. The molecule has 0 aliphatic heterocycles. The van der Waals surface area contributed by atoms with E-state index in [1.54, 1.807) is 12.1 Å². The zero-order valence-corrected chi connectivity index (χ0v) is 12.0. The fourth-order valence-electron chi connectivity index (χ4n) is 2.17. The molecule has 1 aliphatic carbocycles. The molecule has 0 unspecified atom stereocenters. The van der Waals surface area contributed by atoms with Crippen molar-refractivity contribution in [2.24, 2.45) is 10.5 Å². The van der Waals surface area contributed by atoms with E-state index in [4.69, 9.17) is 0 Å². The number of aliphatic hydroxyl groups is 1. The summed E-state index contributed by atoms with van der Waals surface area (Å²) in [4.78, 5) is 27.5. The SMILES string of the molecule is CC1(C)CC(=O)C(C=NNC(=O)c2ccncc2)=C(O)C1. The standard InChI is InChI=1S/C15H17N3O3/c1-15(2)7-12(19)11(13(20)8-15)9-17-18-14(21)10-3-5-16-6-4-10/h3-6,9,19H,7-8H2,1-2H3,(H,18,21). The van der Waals surface area contributed by atoms with Crippen molar-refractivity contribution in [3.8, 4) is 0 Å². The van der Waals surface area contributed by atoms with E-state index in [0.29, 0.717) is 18.4 Å². The van der Waals surface area contributed by atoms with Crippen molar-refractivity contribution in [2.45, 2.75) is 26.7 Å². The molecule has 0 saturated carbocycles. The van der Waals surface area contributed by atoms with Gasteiger partial charge in [-0.2, -0.15) is 5.10 Å². The van der Waals surface area contributed by atoms with Crippen LogP contribution in [0.3, 0.4) is 0 Å². The van der Waals surface area contributed by atoms with Crippen LogP contribution in [-0.2, 0) is 4.79 Å². The number of hydrazone groups is 1. The van der Waals surface area contributed by atoms with Gasteiger partial charge in [-0.1, -0.05) is 13.8 Å². The van der Waals surface area contributed by atoms with Gasteiger partial charge in [-0.05, 0) is 17.5 Å². The lowest BCUT2D eigenvalue weighted by atomic mass is 9.77. The van der Waals surface area contributed by atoms with Gasteiger partial charge in [0.05, 0.1) is 11.8 Å². The van der Waals surface area contributed by atoms with Crippen LogP contribution in [0, 0.1) is 5.41 Å². The van der Waals surface area contributed by atoms with E-state index in [0.717, 1.165) is 0 Å². The van der Waals surface area contributed by atoms with Gasteiger partial charge in [-0.25, -0.2) is 5.43 Å². The summed E-state index contributed by atoms with van der Waals surface area (Å²) in [7, 11) is 0. The molecule has 2 rings (SSSR count). The number of nitrogens with zero attached hydrogens (tertiary/aromatic N) is 2. The summed E-state index contributed by atoms with van der Waals surface area (Å²) in [6, 6.07) is 3.10. The zero-order chi connectivity index (χ0) is 15.5. The molecular formula is C15H17N3O3. The second-order valence-corrected chi connectivity index (χ2v) is 5.74. The van der Waals surface area contributed by atoms with Gasteiger partial charge in [0.2, 0.25) is 0 Å². The van der Waals surface area contributed by atoms with E-state index in [1.165, 1.54) is 18.6 Å². The summed E-state index contributed by atoms with van der Waals surface area (Å²) in [5.74, 6) is -0.568. The van der Waals surface area contributed by atoms with Crippen LogP contribution in [0.25, 0.3) is 0 Å². The number of rotatable bonds is 3. The van der Waals surface area contributed by atoms with Gasteiger partial charge >= 0.3 is 0 Å². The van der Waals surface area contributed by atoms with Crippen molar-refractivity contribution in [3.63, 3.8) is 0 Å². The predicted molar refractivity (Wildman–Crippen MR) is 77.9 cm³/mol. The Labute approximate surface area is 122 Å². The van der Waals surface area contributed by atoms with E-state index < -0.39 is 5.91 Å². The molecular weight excluding hydrogens is 270 g/mol. The number of ketones is 1. The van der Waals surface area contributed by atoms with E-state index in [-0.39, 0.29) is 22.5 Å². The van der Waals surface area contributed by atoms with Crippen LogP contribution in [0.5, 0.6) is 0 Å². The Morgan fingerprint density at radius 1 is 1.38 bits per heavy atom. The number of nitrogens with one attached hydrogen (secondary N) is 1. The number of pyridine rings is 1. The maximum Gasteiger partial charge on any atom is 0.271 e. The number of amides is 1.